The fourth-order valence-electron chi connectivity index (χ4n) is 10.3. The maximum absolute atomic E-state index is 15.1. The van der Waals surface area contributed by atoms with Crippen LogP contribution in [0.1, 0.15) is 102 Å². The van der Waals surface area contributed by atoms with Crippen molar-refractivity contribution in [1.29, 1.82) is 0 Å². The third kappa shape index (κ3) is 11.8. The van der Waals surface area contributed by atoms with Gasteiger partial charge in [0, 0.05) is 71.9 Å². The lowest BCUT2D eigenvalue weighted by Gasteiger charge is -2.40. The number of likely N-dealkylation sites (tertiary alicyclic amines) is 1. The highest BCUT2D eigenvalue weighted by Gasteiger charge is 2.37. The Hall–Kier alpha value is -7.85. The average Bonchev–Trinajstić information content (AvgIpc) is 3.65. The average molecular weight is 1100 g/mol. The monoisotopic (exact) mass is 1100 g/mol. The minimum absolute atomic E-state index is 0.0294. The second-order valence-corrected chi connectivity index (χ2v) is 21.1. The van der Waals surface area contributed by atoms with E-state index >= 15 is 8.78 Å². The van der Waals surface area contributed by atoms with Gasteiger partial charge in [-0.15, -0.1) is 0 Å². The standard InChI is InChI=1S/C33H39F2N7O2.C24H23F2N5O3S/c1-3-14-36-31(43)22-11-10-21(2)24(19-22)28-25-20-37-33(44)42(29-26(34)8-7-9-27(29)35)30(25)39-32(38-28)41-17-12-23(13-18-41)40-15-5-4-6-16-40;1-4-10-27-22(32)14-9-8-13(2)15(11-14)19-16-12-28-24(33)31(20-17(25)6-5-7-18(20)26)21(16)30-23(29-19)35(3)34/h7-11,19,23H,3-6,12-18,20H2,1-2H3,(H,36,43)(H,37,44);5-9,11H,4,10,12H2,1-3H3,(H,27,32)(H,28,33). The van der Waals surface area contributed by atoms with Crippen molar-refractivity contribution >= 4 is 63.6 Å². The van der Waals surface area contributed by atoms with E-state index in [1.54, 1.807) is 30.3 Å². The van der Waals surface area contributed by atoms with Crippen molar-refractivity contribution in [1.82, 2.24) is 46.1 Å². The molecule has 0 radical (unpaired) electrons. The Morgan fingerprint density at radius 3 is 1.54 bits per heavy atom. The van der Waals surface area contributed by atoms with Gasteiger partial charge in [-0.25, -0.2) is 51.9 Å². The Morgan fingerprint density at radius 1 is 0.633 bits per heavy atom. The van der Waals surface area contributed by atoms with E-state index in [1.807, 2.05) is 33.8 Å². The number of aromatic nitrogens is 4. The molecule has 0 spiro atoms. The van der Waals surface area contributed by atoms with Crippen LogP contribution in [0.5, 0.6) is 0 Å². The summed E-state index contributed by atoms with van der Waals surface area (Å²) < 4.78 is 72.1. The van der Waals surface area contributed by atoms with Crippen LogP contribution in [-0.4, -0.2) is 104 Å². The SMILES string of the molecule is CCCNC(=O)c1ccc(C)c(-c2nc(N3CCC(N4CCCCC4)CC3)nc3c2CNC(=O)N3c2c(F)cccc2F)c1.CCCNC(=O)c1ccc(C)c(-c2nc(S(C)=O)nc3c2CNC(=O)N3c2c(F)cccc2F)c1. The van der Waals surface area contributed by atoms with Crippen LogP contribution in [0.2, 0.25) is 0 Å². The predicted octanol–water partition coefficient (Wildman–Crippen LogP) is 9.65. The number of hydrogen-bond acceptors (Lipinski definition) is 11. The minimum Gasteiger partial charge on any atom is -0.352 e. The van der Waals surface area contributed by atoms with E-state index in [1.165, 1.54) is 37.7 Å². The maximum atomic E-state index is 15.1. The molecule has 0 bridgehead atoms. The molecule has 1 atom stereocenters. The molecular formula is C57H62F4N12O5S. The molecule has 4 aliphatic heterocycles. The van der Waals surface area contributed by atoms with Gasteiger partial charge in [0.15, 0.2) is 11.6 Å². The van der Waals surface area contributed by atoms with E-state index in [4.69, 9.17) is 9.97 Å². The normalized spacial score (nSPS) is 16.0. The lowest BCUT2D eigenvalue weighted by atomic mass is 9.97. The Bertz CT molecular complexity index is 3310. The fourth-order valence-corrected chi connectivity index (χ4v) is 10.7. The maximum Gasteiger partial charge on any atom is 0.328 e. The highest BCUT2D eigenvalue weighted by Crippen LogP contribution is 2.42. The number of benzene rings is 4. The zero-order valence-electron chi connectivity index (χ0n) is 44.7. The van der Waals surface area contributed by atoms with Gasteiger partial charge in [-0.2, -0.15) is 4.98 Å². The van der Waals surface area contributed by atoms with E-state index in [0.717, 1.165) is 97.1 Å². The van der Waals surface area contributed by atoms with Crippen LogP contribution < -0.4 is 36.0 Å². The Kier molecular flexibility index (Phi) is 17.3. The van der Waals surface area contributed by atoms with Crippen LogP contribution in [0.15, 0.2) is 78.0 Å². The molecule has 2 aromatic heterocycles. The number of piperidine rings is 2. The van der Waals surface area contributed by atoms with Crippen LogP contribution in [0.25, 0.3) is 22.5 Å². The largest absolute Gasteiger partial charge is 0.352 e. The number of anilines is 5. The molecule has 4 aromatic carbocycles. The third-order valence-electron chi connectivity index (χ3n) is 14.4. The molecular weight excluding hydrogens is 1040 g/mol. The van der Waals surface area contributed by atoms with Crippen molar-refractivity contribution in [2.75, 3.05) is 60.2 Å². The number of hydrogen-bond donors (Lipinski definition) is 4. The van der Waals surface area contributed by atoms with Crippen LogP contribution in [-0.2, 0) is 23.9 Å². The molecule has 414 valence electrons. The number of carbonyl (C=O) groups is 4. The topological polar surface area (TPSA) is 198 Å². The Balaban J connectivity index is 0.000000197. The third-order valence-corrected chi connectivity index (χ3v) is 15.1. The smallest absolute Gasteiger partial charge is 0.328 e. The van der Waals surface area contributed by atoms with Crippen molar-refractivity contribution in [2.24, 2.45) is 0 Å². The molecule has 4 N–H and O–H groups in total. The molecule has 10 rings (SSSR count). The van der Waals surface area contributed by atoms with E-state index in [-0.39, 0.29) is 41.7 Å². The van der Waals surface area contributed by atoms with E-state index in [0.29, 0.717) is 69.8 Å². The summed E-state index contributed by atoms with van der Waals surface area (Å²) >= 11 is 0. The van der Waals surface area contributed by atoms with Crippen LogP contribution in [0, 0.1) is 37.1 Å². The summed E-state index contributed by atoms with van der Waals surface area (Å²) in [4.78, 5) is 76.6. The number of rotatable bonds is 13. The van der Waals surface area contributed by atoms with Gasteiger partial charge in [0.25, 0.3) is 11.8 Å². The van der Waals surface area contributed by atoms with Gasteiger partial charge in [-0.1, -0.05) is 44.5 Å². The van der Waals surface area contributed by atoms with Gasteiger partial charge < -0.3 is 31.1 Å². The second-order valence-electron chi connectivity index (χ2n) is 19.8. The number of halogens is 4. The number of nitrogens with zero attached hydrogens (tertiary/aromatic N) is 8. The van der Waals surface area contributed by atoms with E-state index < -0.39 is 57.5 Å². The van der Waals surface area contributed by atoms with E-state index in [2.05, 4.69) is 41.0 Å². The van der Waals surface area contributed by atoms with Crippen molar-refractivity contribution < 1.29 is 40.9 Å². The predicted molar refractivity (Wildman–Crippen MR) is 294 cm³/mol. The summed E-state index contributed by atoms with van der Waals surface area (Å²) in [5.41, 5.74) is 4.37. The number of para-hydroxylation sites is 2. The molecule has 0 aliphatic carbocycles. The van der Waals surface area contributed by atoms with Gasteiger partial charge in [0.1, 0.15) is 34.6 Å². The molecule has 17 nitrogen and oxygen atoms in total. The summed E-state index contributed by atoms with van der Waals surface area (Å²) in [6.07, 6.45) is 8.61. The van der Waals surface area contributed by atoms with Crippen LogP contribution >= 0.6 is 0 Å². The van der Waals surface area contributed by atoms with Crippen LogP contribution in [0.4, 0.5) is 56.1 Å². The number of aryl methyl sites for hydroxylation is 2. The van der Waals surface area contributed by atoms with Gasteiger partial charge in [0.05, 0.1) is 35.3 Å². The summed E-state index contributed by atoms with van der Waals surface area (Å²) in [7, 11) is -1.68. The number of fused-ring (bicyclic) bond motifs is 2. The first-order chi connectivity index (χ1) is 38.1. The molecule has 2 saturated heterocycles. The highest BCUT2D eigenvalue weighted by molar-refractivity contribution is 7.84. The van der Waals surface area contributed by atoms with Gasteiger partial charge >= 0.3 is 12.1 Å². The Labute approximate surface area is 458 Å². The first-order valence-electron chi connectivity index (χ1n) is 26.5. The molecule has 6 heterocycles. The summed E-state index contributed by atoms with van der Waals surface area (Å²) in [6.45, 7) is 12.5. The van der Waals surface area contributed by atoms with Gasteiger partial charge in [0.2, 0.25) is 11.1 Å². The first-order valence-corrected chi connectivity index (χ1v) is 28.1. The molecule has 6 aromatic rings. The van der Waals surface area contributed by atoms with Crippen molar-refractivity contribution in [3.05, 3.63) is 129 Å². The summed E-state index contributed by atoms with van der Waals surface area (Å²) in [5, 5.41) is 11.0. The van der Waals surface area contributed by atoms with Crippen molar-refractivity contribution in [2.45, 2.75) is 96.9 Å². The lowest BCUT2D eigenvalue weighted by molar-refractivity contribution is 0.0945. The quantitative estimate of drug-likeness (QED) is 0.0635. The zero-order chi connectivity index (χ0) is 56.1. The molecule has 1 unspecified atom stereocenters. The molecule has 79 heavy (non-hydrogen) atoms. The molecule has 6 amide bonds. The van der Waals surface area contributed by atoms with Crippen LogP contribution in [0.3, 0.4) is 0 Å². The van der Waals surface area contributed by atoms with E-state index in [9.17, 15) is 32.2 Å². The van der Waals surface area contributed by atoms with Gasteiger partial charge in [-0.3, -0.25) is 13.8 Å². The van der Waals surface area contributed by atoms with Gasteiger partial charge in [-0.05, 0) is 125 Å². The molecule has 0 saturated carbocycles. The number of urea groups is 2. The Morgan fingerprint density at radius 2 is 1.09 bits per heavy atom. The summed E-state index contributed by atoms with van der Waals surface area (Å²) in [5.74, 6) is -3.67. The zero-order valence-corrected chi connectivity index (χ0v) is 45.5. The fraction of sp³-hybridized carbons (Fsp3) is 0.368. The number of carbonyl (C=O) groups excluding carboxylic acids is 4. The molecule has 2 fully saturated rings. The molecule has 22 heteroatoms. The number of nitrogens with one attached hydrogen (secondary N) is 4. The lowest BCUT2D eigenvalue weighted by Crippen LogP contribution is -2.47. The van der Waals surface area contributed by atoms with Crippen molar-refractivity contribution in [3.8, 4) is 22.5 Å². The first kappa shape index (κ1) is 55.9. The summed E-state index contributed by atoms with van der Waals surface area (Å²) in [6, 6.07) is 16.3. The second kappa shape index (κ2) is 24.4. The minimum atomic E-state index is -1.68. The number of amides is 6. The highest BCUT2D eigenvalue weighted by atomic mass is 32.2. The van der Waals surface area contributed by atoms with Crippen molar-refractivity contribution in [3.63, 3.8) is 0 Å². The molecule has 4 aliphatic rings.